The summed E-state index contributed by atoms with van der Waals surface area (Å²) in [5.74, 6) is 1.32. The van der Waals surface area contributed by atoms with E-state index in [1.807, 2.05) is 6.92 Å². The summed E-state index contributed by atoms with van der Waals surface area (Å²) in [5.41, 5.74) is 0.945. The van der Waals surface area contributed by atoms with E-state index in [4.69, 9.17) is 14.2 Å². The van der Waals surface area contributed by atoms with Crippen LogP contribution in [0.5, 0.6) is 17.2 Å². The van der Waals surface area contributed by atoms with E-state index < -0.39 is 10.0 Å². The van der Waals surface area contributed by atoms with E-state index in [0.717, 1.165) is 6.26 Å². The number of nitrogens with zero attached hydrogens (tertiary/aromatic N) is 1. The van der Waals surface area contributed by atoms with Gasteiger partial charge in [-0.05, 0) is 37.6 Å². The van der Waals surface area contributed by atoms with Crippen molar-refractivity contribution in [2.24, 2.45) is 0 Å². The maximum atomic E-state index is 12.4. The average molecular weight is 437 g/mol. The van der Waals surface area contributed by atoms with Gasteiger partial charge in [0.05, 0.1) is 38.5 Å². The third kappa shape index (κ3) is 6.28. The van der Waals surface area contributed by atoms with Gasteiger partial charge >= 0.3 is 0 Å². The Morgan fingerprint density at radius 2 is 1.80 bits per heavy atom. The van der Waals surface area contributed by atoms with Crippen LogP contribution in [0.2, 0.25) is 0 Å². The maximum absolute atomic E-state index is 12.4. The molecule has 0 saturated heterocycles. The number of hydrogen-bond acceptors (Lipinski definition) is 6. The summed E-state index contributed by atoms with van der Waals surface area (Å²) in [7, 11) is -0.504. The molecule has 0 bridgehead atoms. The van der Waals surface area contributed by atoms with E-state index in [-0.39, 0.29) is 18.9 Å². The van der Waals surface area contributed by atoms with Crippen LogP contribution in [0.4, 0.5) is 11.4 Å². The quantitative estimate of drug-likeness (QED) is 0.581. The van der Waals surface area contributed by atoms with Crippen LogP contribution in [0.1, 0.15) is 19.8 Å². The minimum atomic E-state index is -3.55. The molecule has 0 aliphatic rings. The lowest BCUT2D eigenvalue weighted by Gasteiger charge is -2.24. The second kappa shape index (κ2) is 10.7. The number of benzene rings is 2. The summed E-state index contributed by atoms with van der Waals surface area (Å²) >= 11 is 0. The smallest absolute Gasteiger partial charge is 0.232 e. The van der Waals surface area contributed by atoms with Gasteiger partial charge in [-0.2, -0.15) is 0 Å². The van der Waals surface area contributed by atoms with Crippen molar-refractivity contribution in [2.45, 2.75) is 19.8 Å². The van der Waals surface area contributed by atoms with Crippen molar-refractivity contribution in [3.05, 3.63) is 42.5 Å². The molecule has 2 rings (SSSR count). The van der Waals surface area contributed by atoms with Crippen LogP contribution in [0, 0.1) is 0 Å². The monoisotopic (exact) mass is 436 g/mol. The molecule has 0 heterocycles. The van der Waals surface area contributed by atoms with Crippen molar-refractivity contribution in [3.63, 3.8) is 0 Å². The number of para-hydroxylation sites is 2. The third-order valence-electron chi connectivity index (χ3n) is 4.28. The number of amides is 1. The Balaban J connectivity index is 2.07. The van der Waals surface area contributed by atoms with Crippen LogP contribution in [-0.4, -0.2) is 48.0 Å². The molecule has 8 nitrogen and oxygen atoms in total. The first-order valence-corrected chi connectivity index (χ1v) is 11.4. The van der Waals surface area contributed by atoms with Crippen molar-refractivity contribution in [2.75, 3.05) is 43.2 Å². The number of carbonyl (C=O) groups excluding carboxylic acids is 1. The van der Waals surface area contributed by atoms with Gasteiger partial charge in [0.15, 0.2) is 0 Å². The predicted octanol–water partition coefficient (Wildman–Crippen LogP) is 3.29. The van der Waals surface area contributed by atoms with Crippen molar-refractivity contribution < 1.29 is 27.4 Å². The van der Waals surface area contributed by atoms with Crippen LogP contribution in [-0.2, 0) is 14.8 Å². The Bertz CT molecular complexity index is 962. The van der Waals surface area contributed by atoms with E-state index in [1.54, 1.807) is 42.5 Å². The summed E-state index contributed by atoms with van der Waals surface area (Å²) < 4.78 is 41.9. The molecular formula is C21H28N2O6S. The molecule has 0 fully saturated rings. The Kier molecular flexibility index (Phi) is 8.35. The first-order valence-electron chi connectivity index (χ1n) is 9.51. The Labute approximate surface area is 177 Å². The number of hydrogen-bond donors (Lipinski definition) is 1. The van der Waals surface area contributed by atoms with Gasteiger partial charge in [0, 0.05) is 19.0 Å². The molecule has 1 N–H and O–H groups in total. The maximum Gasteiger partial charge on any atom is 0.232 e. The number of anilines is 2. The zero-order valence-electron chi connectivity index (χ0n) is 17.7. The molecule has 30 heavy (non-hydrogen) atoms. The van der Waals surface area contributed by atoms with Gasteiger partial charge in [0.1, 0.15) is 17.2 Å². The van der Waals surface area contributed by atoms with Crippen LogP contribution in [0.15, 0.2) is 42.5 Å². The minimum absolute atomic E-state index is 0.128. The Morgan fingerprint density at radius 1 is 1.07 bits per heavy atom. The highest BCUT2D eigenvalue weighted by Gasteiger charge is 2.21. The molecule has 0 aliphatic heterocycles. The lowest BCUT2D eigenvalue weighted by atomic mass is 10.2. The van der Waals surface area contributed by atoms with E-state index in [2.05, 4.69) is 5.32 Å². The highest BCUT2D eigenvalue weighted by molar-refractivity contribution is 7.92. The molecular weight excluding hydrogens is 408 g/mol. The van der Waals surface area contributed by atoms with Crippen LogP contribution in [0.25, 0.3) is 0 Å². The number of carbonyl (C=O) groups is 1. The normalized spacial score (nSPS) is 10.9. The van der Waals surface area contributed by atoms with Crippen molar-refractivity contribution >= 4 is 27.3 Å². The van der Waals surface area contributed by atoms with E-state index in [1.165, 1.54) is 18.5 Å². The highest BCUT2D eigenvalue weighted by Crippen LogP contribution is 2.31. The van der Waals surface area contributed by atoms with Crippen LogP contribution in [0.3, 0.4) is 0 Å². The van der Waals surface area contributed by atoms with Gasteiger partial charge < -0.3 is 19.5 Å². The van der Waals surface area contributed by atoms with Crippen LogP contribution >= 0.6 is 0 Å². The van der Waals surface area contributed by atoms with E-state index in [9.17, 15) is 13.2 Å². The zero-order valence-corrected chi connectivity index (χ0v) is 18.5. The standard InChI is InChI=1S/C21H28N2O6S/c1-5-29-20-10-7-6-9-18(20)23(30(4,25)26)14-8-11-21(24)22-17-15-16(27-2)12-13-19(17)28-3/h6-7,9-10,12-13,15H,5,8,11,14H2,1-4H3,(H,22,24). The molecule has 2 aromatic carbocycles. The highest BCUT2D eigenvalue weighted by atomic mass is 32.2. The number of nitrogens with one attached hydrogen (secondary N) is 1. The fourth-order valence-electron chi connectivity index (χ4n) is 2.91. The van der Waals surface area contributed by atoms with Crippen LogP contribution < -0.4 is 23.8 Å². The molecule has 0 spiro atoms. The number of rotatable bonds is 11. The van der Waals surface area contributed by atoms with Gasteiger partial charge in [0.25, 0.3) is 0 Å². The molecule has 0 aromatic heterocycles. The molecule has 164 valence electrons. The molecule has 0 saturated carbocycles. The topological polar surface area (TPSA) is 94.2 Å². The van der Waals surface area contributed by atoms with Gasteiger partial charge in [-0.25, -0.2) is 8.42 Å². The SMILES string of the molecule is CCOc1ccccc1N(CCCC(=O)Nc1cc(OC)ccc1OC)S(C)(=O)=O. The van der Waals surface area contributed by atoms with Crippen molar-refractivity contribution in [1.82, 2.24) is 0 Å². The molecule has 1 amide bonds. The zero-order chi connectivity index (χ0) is 22.1. The van der Waals surface area contributed by atoms with Gasteiger partial charge in [-0.3, -0.25) is 9.10 Å². The Morgan fingerprint density at radius 3 is 2.43 bits per heavy atom. The summed E-state index contributed by atoms with van der Waals surface area (Å²) in [4.78, 5) is 12.4. The first kappa shape index (κ1) is 23.3. The van der Waals surface area contributed by atoms with Crippen molar-refractivity contribution in [3.8, 4) is 17.2 Å². The van der Waals surface area contributed by atoms with Gasteiger partial charge in [0.2, 0.25) is 15.9 Å². The summed E-state index contributed by atoms with van der Waals surface area (Å²) in [5, 5.41) is 2.78. The lowest BCUT2D eigenvalue weighted by Crippen LogP contribution is -2.32. The largest absolute Gasteiger partial charge is 0.497 e. The average Bonchev–Trinajstić information content (AvgIpc) is 2.71. The summed E-state index contributed by atoms with van der Waals surface area (Å²) in [6, 6.07) is 12.0. The molecule has 9 heteroatoms. The Hall–Kier alpha value is -2.94. The third-order valence-corrected chi connectivity index (χ3v) is 5.46. The number of methoxy groups -OCH3 is 2. The molecule has 0 unspecified atom stereocenters. The summed E-state index contributed by atoms with van der Waals surface area (Å²) in [6.45, 7) is 2.39. The number of ether oxygens (including phenoxy) is 3. The van der Waals surface area contributed by atoms with Crippen molar-refractivity contribution in [1.29, 1.82) is 0 Å². The summed E-state index contributed by atoms with van der Waals surface area (Å²) in [6.07, 6.45) is 1.59. The number of sulfonamides is 1. The molecule has 0 radical (unpaired) electrons. The minimum Gasteiger partial charge on any atom is -0.497 e. The van der Waals surface area contributed by atoms with E-state index in [0.29, 0.717) is 41.7 Å². The molecule has 0 atom stereocenters. The fourth-order valence-corrected chi connectivity index (χ4v) is 3.88. The molecule has 2 aromatic rings. The predicted molar refractivity (Wildman–Crippen MR) is 117 cm³/mol. The first-order chi connectivity index (χ1) is 14.3. The van der Waals surface area contributed by atoms with Gasteiger partial charge in [-0.1, -0.05) is 12.1 Å². The second-order valence-corrected chi connectivity index (χ2v) is 8.36. The fraction of sp³-hybridized carbons (Fsp3) is 0.381. The lowest BCUT2D eigenvalue weighted by molar-refractivity contribution is -0.116. The van der Waals surface area contributed by atoms with Gasteiger partial charge in [-0.15, -0.1) is 0 Å². The molecule has 0 aliphatic carbocycles. The van der Waals surface area contributed by atoms with E-state index >= 15 is 0 Å². The second-order valence-electron chi connectivity index (χ2n) is 6.45.